The minimum Gasteiger partial charge on any atom is -0.457 e. The highest BCUT2D eigenvalue weighted by molar-refractivity contribution is 5.95. The summed E-state index contributed by atoms with van der Waals surface area (Å²) in [7, 11) is 2.91. The van der Waals surface area contributed by atoms with E-state index in [1.165, 1.54) is 20.2 Å². The van der Waals surface area contributed by atoms with Crippen molar-refractivity contribution in [2.45, 2.75) is 12.7 Å². The minimum absolute atomic E-state index is 0.0984. The molecular weight excluding hydrogens is 507 g/mol. The number of hydrogen-bond donors (Lipinski definition) is 0. The van der Waals surface area contributed by atoms with E-state index in [4.69, 9.17) is 9.57 Å². The number of hydroxylamine groups is 2. The number of benzene rings is 4. The molecule has 1 heterocycles. The van der Waals surface area contributed by atoms with Gasteiger partial charge in [0.25, 0.3) is 5.91 Å². The van der Waals surface area contributed by atoms with Crippen LogP contribution in [0.25, 0.3) is 22.2 Å². The molecule has 5 aromatic rings. The maximum atomic E-state index is 13.8. The summed E-state index contributed by atoms with van der Waals surface area (Å²) in [5, 5.41) is 5.93. The van der Waals surface area contributed by atoms with Crippen LogP contribution in [0.3, 0.4) is 0 Å². The van der Waals surface area contributed by atoms with Gasteiger partial charge in [-0.25, -0.2) is 5.06 Å². The molecule has 1 aromatic heterocycles. The van der Waals surface area contributed by atoms with Crippen LogP contribution in [0.5, 0.6) is 11.5 Å². The zero-order valence-corrected chi connectivity index (χ0v) is 21.1. The fourth-order valence-corrected chi connectivity index (χ4v) is 4.33. The molecule has 0 atom stereocenters. The van der Waals surface area contributed by atoms with Crippen molar-refractivity contribution in [1.29, 1.82) is 0 Å². The van der Waals surface area contributed by atoms with E-state index in [1.54, 1.807) is 59.3 Å². The van der Waals surface area contributed by atoms with E-state index in [0.717, 1.165) is 16.7 Å². The first-order chi connectivity index (χ1) is 18.7. The monoisotopic (exact) mass is 531 g/mol. The molecule has 0 bridgehead atoms. The molecule has 0 unspecified atom stereocenters. The van der Waals surface area contributed by atoms with Crippen molar-refractivity contribution in [3.8, 4) is 22.8 Å². The highest BCUT2D eigenvalue weighted by atomic mass is 19.4. The van der Waals surface area contributed by atoms with Gasteiger partial charge in [0.05, 0.1) is 24.9 Å². The van der Waals surface area contributed by atoms with E-state index in [0.29, 0.717) is 40.3 Å². The van der Waals surface area contributed by atoms with Crippen molar-refractivity contribution in [2.75, 3.05) is 14.2 Å². The zero-order valence-electron chi connectivity index (χ0n) is 21.1. The highest BCUT2D eigenvalue weighted by Gasteiger charge is 2.34. The third-order valence-corrected chi connectivity index (χ3v) is 6.25. The second-order valence-electron chi connectivity index (χ2n) is 8.83. The van der Waals surface area contributed by atoms with Crippen molar-refractivity contribution < 1.29 is 27.5 Å². The van der Waals surface area contributed by atoms with E-state index in [-0.39, 0.29) is 11.4 Å². The van der Waals surface area contributed by atoms with Gasteiger partial charge in [0, 0.05) is 23.6 Å². The van der Waals surface area contributed by atoms with Gasteiger partial charge in [0.15, 0.2) is 0 Å². The Kier molecular flexibility index (Phi) is 7.08. The molecule has 0 aliphatic carbocycles. The second-order valence-corrected chi connectivity index (χ2v) is 8.83. The number of alkyl halides is 3. The fourth-order valence-electron chi connectivity index (χ4n) is 4.33. The van der Waals surface area contributed by atoms with Crippen LogP contribution in [0.2, 0.25) is 0 Å². The first kappa shape index (κ1) is 26.0. The fraction of sp³-hybridized carbons (Fsp3) is 0.133. The Labute approximate surface area is 222 Å². The molecule has 6 nitrogen and oxygen atoms in total. The lowest BCUT2D eigenvalue weighted by Crippen LogP contribution is -2.25. The standard InChI is InChI=1S/C30H24F3N3O3/c1-35(38-2)29(37)22-10-6-11-24(18-22)39-23-16-14-21(15-17-23)28-25-12-7-13-26(30(31,32)33)27(25)34-36(28)19-20-8-4-3-5-9-20/h3-18H,19H2,1-2H3. The maximum Gasteiger partial charge on any atom is 0.418 e. The summed E-state index contributed by atoms with van der Waals surface area (Å²) >= 11 is 0. The smallest absolute Gasteiger partial charge is 0.418 e. The van der Waals surface area contributed by atoms with E-state index < -0.39 is 11.7 Å². The van der Waals surface area contributed by atoms with Gasteiger partial charge in [-0.2, -0.15) is 18.3 Å². The third-order valence-electron chi connectivity index (χ3n) is 6.25. The van der Waals surface area contributed by atoms with Crippen molar-refractivity contribution >= 4 is 16.8 Å². The molecule has 1 amide bonds. The van der Waals surface area contributed by atoms with E-state index in [9.17, 15) is 18.0 Å². The molecular formula is C30H24F3N3O3. The molecule has 0 N–H and O–H groups in total. The van der Waals surface area contributed by atoms with Crippen LogP contribution >= 0.6 is 0 Å². The number of amides is 1. The van der Waals surface area contributed by atoms with Gasteiger partial charge in [-0.05, 0) is 54.1 Å². The molecule has 9 heteroatoms. The number of aromatic nitrogens is 2. The Bertz CT molecular complexity index is 1610. The molecule has 0 spiro atoms. The first-order valence-corrected chi connectivity index (χ1v) is 12.1. The van der Waals surface area contributed by atoms with Crippen molar-refractivity contribution in [1.82, 2.24) is 14.8 Å². The van der Waals surface area contributed by atoms with Gasteiger partial charge < -0.3 is 4.74 Å². The van der Waals surface area contributed by atoms with Crippen LogP contribution < -0.4 is 4.74 Å². The van der Waals surface area contributed by atoms with Crippen LogP contribution in [-0.4, -0.2) is 34.9 Å². The zero-order chi connectivity index (χ0) is 27.6. The van der Waals surface area contributed by atoms with Gasteiger partial charge >= 0.3 is 6.18 Å². The lowest BCUT2D eigenvalue weighted by Gasteiger charge is -2.14. The SMILES string of the molecule is CON(C)C(=O)c1cccc(Oc2ccc(-c3c4cccc(C(F)(F)F)c4nn3Cc3ccccc3)cc2)c1. The molecule has 5 rings (SSSR count). The Morgan fingerprint density at radius 3 is 2.31 bits per heavy atom. The van der Waals surface area contributed by atoms with Crippen molar-refractivity contribution in [2.24, 2.45) is 0 Å². The number of nitrogens with zero attached hydrogens (tertiary/aromatic N) is 3. The maximum absolute atomic E-state index is 13.8. The van der Waals surface area contributed by atoms with Crippen LogP contribution in [0.4, 0.5) is 13.2 Å². The number of halogens is 3. The average molecular weight is 532 g/mol. The lowest BCUT2D eigenvalue weighted by molar-refractivity contribution is -0.136. The molecule has 0 radical (unpaired) electrons. The van der Waals surface area contributed by atoms with E-state index in [2.05, 4.69) is 5.10 Å². The van der Waals surface area contributed by atoms with E-state index >= 15 is 0 Å². The van der Waals surface area contributed by atoms with Crippen molar-refractivity contribution in [3.05, 3.63) is 114 Å². The van der Waals surface area contributed by atoms with Gasteiger partial charge in [-0.3, -0.25) is 14.3 Å². The number of hydrogen-bond acceptors (Lipinski definition) is 4. The first-order valence-electron chi connectivity index (χ1n) is 12.1. The molecule has 198 valence electrons. The topological polar surface area (TPSA) is 56.6 Å². The number of fused-ring (bicyclic) bond motifs is 1. The van der Waals surface area contributed by atoms with Crippen LogP contribution in [0.1, 0.15) is 21.5 Å². The summed E-state index contributed by atoms with van der Waals surface area (Å²) in [6.07, 6.45) is -4.53. The van der Waals surface area contributed by atoms with Gasteiger partial charge in [0.2, 0.25) is 0 Å². The third kappa shape index (κ3) is 5.49. The number of carbonyl (C=O) groups is 1. The van der Waals surface area contributed by atoms with Gasteiger partial charge in [-0.1, -0.05) is 48.5 Å². The normalized spacial score (nSPS) is 11.5. The molecule has 4 aromatic carbocycles. The number of rotatable bonds is 7. The summed E-state index contributed by atoms with van der Waals surface area (Å²) in [5.41, 5.74) is 1.69. The predicted molar refractivity (Wildman–Crippen MR) is 141 cm³/mol. The molecule has 0 fully saturated rings. The molecule has 0 saturated carbocycles. The predicted octanol–water partition coefficient (Wildman–Crippen LogP) is 7.20. The minimum atomic E-state index is -4.53. The summed E-state index contributed by atoms with van der Waals surface area (Å²) in [6.45, 7) is 0.303. The molecule has 0 aliphatic rings. The summed E-state index contributed by atoms with van der Waals surface area (Å²) in [5.74, 6) is 0.625. The molecule has 39 heavy (non-hydrogen) atoms. The number of carbonyl (C=O) groups excluding carboxylic acids is 1. The summed E-state index contributed by atoms with van der Waals surface area (Å²) < 4.78 is 48.9. The van der Waals surface area contributed by atoms with Crippen LogP contribution in [-0.2, 0) is 17.6 Å². The Morgan fingerprint density at radius 1 is 0.897 bits per heavy atom. The molecule has 0 saturated heterocycles. The van der Waals surface area contributed by atoms with E-state index in [1.807, 2.05) is 30.3 Å². The highest BCUT2D eigenvalue weighted by Crippen LogP contribution is 2.38. The Balaban J connectivity index is 1.50. The van der Waals surface area contributed by atoms with Crippen LogP contribution in [0, 0.1) is 0 Å². The van der Waals surface area contributed by atoms with Crippen molar-refractivity contribution in [3.63, 3.8) is 0 Å². The van der Waals surface area contributed by atoms with Gasteiger partial charge in [-0.15, -0.1) is 0 Å². The summed E-state index contributed by atoms with van der Waals surface area (Å²) in [6, 6.07) is 27.2. The van der Waals surface area contributed by atoms with Gasteiger partial charge in [0.1, 0.15) is 17.0 Å². The average Bonchev–Trinajstić information content (AvgIpc) is 3.30. The Hall–Kier alpha value is -4.63. The van der Waals surface area contributed by atoms with Crippen LogP contribution in [0.15, 0.2) is 97.1 Å². The quantitative estimate of drug-likeness (QED) is 0.209. The second kappa shape index (κ2) is 10.6. The Morgan fingerprint density at radius 2 is 1.62 bits per heavy atom. The lowest BCUT2D eigenvalue weighted by atomic mass is 10.0. The number of ether oxygens (including phenoxy) is 1. The largest absolute Gasteiger partial charge is 0.457 e. The summed E-state index contributed by atoms with van der Waals surface area (Å²) in [4.78, 5) is 17.3. The molecule has 0 aliphatic heterocycles.